The Kier molecular flexibility index (Phi) is 13.6. The lowest BCUT2D eigenvalue weighted by atomic mass is 10.1. The van der Waals surface area contributed by atoms with Crippen LogP contribution in [0.3, 0.4) is 0 Å². The van der Waals surface area contributed by atoms with Crippen LogP contribution in [0.5, 0.6) is 0 Å². The van der Waals surface area contributed by atoms with Gasteiger partial charge in [-0.3, -0.25) is 0 Å². The maximum atomic E-state index is 11.8. The number of quaternary nitrogens is 1. The topological polar surface area (TPSA) is 66.4 Å². The average molecular weight is 368 g/mol. The molecule has 0 unspecified atom stereocenters. The highest BCUT2D eigenvalue weighted by atomic mass is 16.5. The number of carboxylic acid groups (broad SMARTS) is 1. The SMILES string of the molecule is CCCCCCCCC/C=C/C=C/C(=O)O[C@H](CC(=O)[O-])C[N+](C)(C)C. The number of esters is 1. The highest BCUT2D eigenvalue weighted by Gasteiger charge is 2.21. The summed E-state index contributed by atoms with van der Waals surface area (Å²) in [6, 6.07) is 0. The van der Waals surface area contributed by atoms with Crippen LogP contribution in [0.2, 0.25) is 0 Å². The van der Waals surface area contributed by atoms with Crippen LogP contribution in [0.15, 0.2) is 24.3 Å². The first-order valence-electron chi connectivity index (χ1n) is 9.78. The maximum absolute atomic E-state index is 11.8. The molecule has 0 heterocycles. The zero-order valence-corrected chi connectivity index (χ0v) is 17.0. The molecule has 0 saturated heterocycles. The van der Waals surface area contributed by atoms with Crippen molar-refractivity contribution < 1.29 is 23.9 Å². The Balaban J connectivity index is 4.02. The number of hydrogen-bond donors (Lipinski definition) is 0. The molecule has 0 aromatic carbocycles. The molecule has 0 saturated carbocycles. The zero-order valence-electron chi connectivity index (χ0n) is 17.0. The fourth-order valence-electron chi connectivity index (χ4n) is 2.67. The van der Waals surface area contributed by atoms with E-state index >= 15 is 0 Å². The van der Waals surface area contributed by atoms with Gasteiger partial charge in [0.15, 0.2) is 6.10 Å². The van der Waals surface area contributed by atoms with E-state index in [2.05, 4.69) is 6.92 Å². The van der Waals surface area contributed by atoms with Crippen molar-refractivity contribution in [3.8, 4) is 0 Å². The molecule has 1 atom stereocenters. The molecule has 0 rings (SSSR count). The number of aliphatic carboxylic acids is 1. The van der Waals surface area contributed by atoms with Gasteiger partial charge in [0, 0.05) is 18.5 Å². The highest BCUT2D eigenvalue weighted by Crippen LogP contribution is 2.09. The Hall–Kier alpha value is -1.62. The molecule has 0 fully saturated rings. The van der Waals surface area contributed by atoms with Gasteiger partial charge in [-0.1, -0.05) is 63.7 Å². The standard InChI is InChI=1S/C21H37NO4/c1-5-6-7-8-9-10-11-12-13-14-15-16-21(25)26-19(17-20(23)24)18-22(2,3)4/h13-16,19H,5-12,17-18H2,1-4H3/b14-13+,16-15+/t19-/m1/s1. The van der Waals surface area contributed by atoms with Crippen LogP contribution < -0.4 is 5.11 Å². The first-order chi connectivity index (χ1) is 12.2. The first-order valence-corrected chi connectivity index (χ1v) is 9.78. The number of rotatable bonds is 15. The van der Waals surface area contributed by atoms with Gasteiger partial charge in [-0.25, -0.2) is 4.79 Å². The summed E-state index contributed by atoms with van der Waals surface area (Å²) in [6.45, 7) is 2.64. The average Bonchev–Trinajstić information content (AvgIpc) is 2.50. The van der Waals surface area contributed by atoms with E-state index in [4.69, 9.17) is 4.74 Å². The predicted octanol–water partition coefficient (Wildman–Crippen LogP) is 3.00. The second-order valence-corrected chi connectivity index (χ2v) is 7.81. The second-order valence-electron chi connectivity index (χ2n) is 7.81. The lowest BCUT2D eigenvalue weighted by Crippen LogP contribution is -2.45. The molecule has 150 valence electrons. The molecule has 0 spiro atoms. The lowest BCUT2D eigenvalue weighted by molar-refractivity contribution is -0.873. The number of allylic oxidation sites excluding steroid dienone is 3. The molecule has 0 aromatic heterocycles. The summed E-state index contributed by atoms with van der Waals surface area (Å²) in [5.74, 6) is -1.74. The van der Waals surface area contributed by atoms with Crippen LogP contribution in [-0.4, -0.2) is 50.2 Å². The number of carbonyl (C=O) groups excluding carboxylic acids is 2. The summed E-state index contributed by atoms with van der Waals surface area (Å²) in [5, 5.41) is 10.8. The lowest BCUT2D eigenvalue weighted by Gasteiger charge is -2.28. The summed E-state index contributed by atoms with van der Waals surface area (Å²) >= 11 is 0. The summed E-state index contributed by atoms with van der Waals surface area (Å²) in [6.07, 6.45) is 15.9. The van der Waals surface area contributed by atoms with E-state index in [1.54, 1.807) is 6.08 Å². The Morgan fingerprint density at radius 1 is 1.00 bits per heavy atom. The van der Waals surface area contributed by atoms with Gasteiger partial charge in [0.2, 0.25) is 0 Å². The van der Waals surface area contributed by atoms with Crippen LogP contribution in [0.1, 0.15) is 64.7 Å². The summed E-state index contributed by atoms with van der Waals surface area (Å²) in [7, 11) is 5.75. The molecule has 0 radical (unpaired) electrons. The minimum Gasteiger partial charge on any atom is -0.550 e. The fraction of sp³-hybridized carbons (Fsp3) is 0.714. The van der Waals surface area contributed by atoms with Crippen LogP contribution in [0.4, 0.5) is 0 Å². The van der Waals surface area contributed by atoms with Gasteiger partial charge in [0.1, 0.15) is 6.54 Å². The number of hydrogen-bond acceptors (Lipinski definition) is 4. The van der Waals surface area contributed by atoms with Gasteiger partial charge in [0.25, 0.3) is 0 Å². The van der Waals surface area contributed by atoms with Crippen molar-refractivity contribution in [2.45, 2.75) is 70.8 Å². The van der Waals surface area contributed by atoms with Gasteiger partial charge >= 0.3 is 5.97 Å². The minimum atomic E-state index is -1.21. The third-order valence-electron chi connectivity index (χ3n) is 3.88. The normalized spacial score (nSPS) is 13.4. The Morgan fingerprint density at radius 3 is 2.19 bits per heavy atom. The van der Waals surface area contributed by atoms with Crippen LogP contribution >= 0.6 is 0 Å². The van der Waals surface area contributed by atoms with Crippen LogP contribution in [0, 0.1) is 0 Å². The van der Waals surface area contributed by atoms with E-state index < -0.39 is 18.0 Å². The Labute approximate surface area is 159 Å². The molecular formula is C21H37NO4. The third kappa shape index (κ3) is 17.2. The third-order valence-corrected chi connectivity index (χ3v) is 3.88. The molecule has 0 bridgehead atoms. The number of ether oxygens (including phenoxy) is 1. The number of carboxylic acids is 1. The van der Waals surface area contributed by atoms with E-state index in [9.17, 15) is 14.7 Å². The molecule has 0 aliphatic rings. The van der Waals surface area contributed by atoms with Crippen molar-refractivity contribution in [3.63, 3.8) is 0 Å². The van der Waals surface area contributed by atoms with E-state index in [1.807, 2.05) is 33.3 Å². The van der Waals surface area contributed by atoms with E-state index in [1.165, 1.54) is 44.6 Å². The van der Waals surface area contributed by atoms with E-state index in [-0.39, 0.29) is 6.42 Å². The van der Waals surface area contributed by atoms with Crippen molar-refractivity contribution in [1.82, 2.24) is 0 Å². The second kappa shape index (κ2) is 14.5. The van der Waals surface area contributed by atoms with Gasteiger partial charge < -0.3 is 19.1 Å². The number of likely N-dealkylation sites (N-methyl/N-ethyl adjacent to an activating group) is 1. The fourth-order valence-corrected chi connectivity index (χ4v) is 2.67. The quantitative estimate of drug-likeness (QED) is 0.147. The largest absolute Gasteiger partial charge is 0.550 e. The van der Waals surface area contributed by atoms with Crippen molar-refractivity contribution in [2.24, 2.45) is 0 Å². The van der Waals surface area contributed by atoms with Gasteiger partial charge in [-0.05, 0) is 12.8 Å². The van der Waals surface area contributed by atoms with Crippen molar-refractivity contribution in [2.75, 3.05) is 27.7 Å². The molecule has 5 heteroatoms. The van der Waals surface area contributed by atoms with Crippen molar-refractivity contribution in [1.29, 1.82) is 0 Å². The Morgan fingerprint density at radius 2 is 1.62 bits per heavy atom. The van der Waals surface area contributed by atoms with Gasteiger partial charge in [0.05, 0.1) is 21.1 Å². The number of carbonyl (C=O) groups is 2. The summed E-state index contributed by atoms with van der Waals surface area (Å²) < 4.78 is 5.74. The monoisotopic (exact) mass is 367 g/mol. The van der Waals surface area contributed by atoms with Crippen LogP contribution in [0.25, 0.3) is 0 Å². The summed E-state index contributed by atoms with van der Waals surface area (Å²) in [4.78, 5) is 22.6. The molecular weight excluding hydrogens is 330 g/mol. The van der Waals surface area contributed by atoms with Crippen molar-refractivity contribution >= 4 is 11.9 Å². The highest BCUT2D eigenvalue weighted by molar-refractivity contribution is 5.82. The van der Waals surface area contributed by atoms with Crippen molar-refractivity contribution in [3.05, 3.63) is 24.3 Å². The molecule has 0 N–H and O–H groups in total. The Bertz CT molecular complexity index is 449. The van der Waals surface area contributed by atoms with Gasteiger partial charge in [-0.2, -0.15) is 0 Å². The van der Waals surface area contributed by atoms with Gasteiger partial charge in [-0.15, -0.1) is 0 Å². The van der Waals surface area contributed by atoms with Crippen LogP contribution in [-0.2, 0) is 14.3 Å². The number of unbranched alkanes of at least 4 members (excludes halogenated alkanes) is 7. The summed E-state index contributed by atoms with van der Waals surface area (Å²) in [5.41, 5.74) is 0. The van der Waals surface area contributed by atoms with E-state index in [0.717, 1.165) is 12.8 Å². The molecule has 0 aliphatic carbocycles. The minimum absolute atomic E-state index is 0.288. The molecule has 0 aliphatic heterocycles. The molecule has 5 nitrogen and oxygen atoms in total. The molecule has 26 heavy (non-hydrogen) atoms. The number of nitrogens with zero attached hydrogens (tertiary/aromatic N) is 1. The predicted molar refractivity (Wildman–Crippen MR) is 103 cm³/mol. The zero-order chi connectivity index (χ0) is 19.8. The molecule has 0 aromatic rings. The molecule has 0 amide bonds. The first kappa shape index (κ1) is 24.4. The maximum Gasteiger partial charge on any atom is 0.331 e. The smallest absolute Gasteiger partial charge is 0.331 e. The van der Waals surface area contributed by atoms with E-state index in [0.29, 0.717) is 11.0 Å².